The first-order chi connectivity index (χ1) is 8.56. The molecule has 0 aromatic carbocycles. The number of nitrogens with zero attached hydrogens (tertiary/aromatic N) is 1. The molecule has 0 bridgehead atoms. The van der Waals surface area contributed by atoms with Gasteiger partial charge in [0.1, 0.15) is 10.8 Å². The molecule has 98 valence electrons. The Balaban J connectivity index is 2.81. The smallest absolute Gasteiger partial charge is 0.130 e. The number of halogens is 2. The summed E-state index contributed by atoms with van der Waals surface area (Å²) in [6, 6.07) is 0. The lowest BCUT2D eigenvalue weighted by molar-refractivity contribution is 0.158. The van der Waals surface area contributed by atoms with Gasteiger partial charge in [-0.2, -0.15) is 0 Å². The van der Waals surface area contributed by atoms with Crippen molar-refractivity contribution in [2.75, 3.05) is 0 Å². The van der Waals surface area contributed by atoms with Crippen molar-refractivity contribution in [2.24, 2.45) is 0 Å². The number of thiazole rings is 1. The minimum absolute atomic E-state index is 0.0997. The Morgan fingerprint density at radius 2 is 2.22 bits per heavy atom. The fraction of sp³-hybridized carbons (Fsp3) is 0.308. The first kappa shape index (κ1) is 15.5. The van der Waals surface area contributed by atoms with E-state index < -0.39 is 0 Å². The minimum Gasteiger partial charge on any atom is -0.490 e. The Morgan fingerprint density at radius 3 is 2.67 bits per heavy atom. The summed E-state index contributed by atoms with van der Waals surface area (Å²) in [7, 11) is 0. The first-order valence-electron chi connectivity index (χ1n) is 5.50. The Bertz CT molecular complexity index is 477. The Labute approximate surface area is 125 Å². The summed E-state index contributed by atoms with van der Waals surface area (Å²) in [5.41, 5.74) is 2.47. The van der Waals surface area contributed by atoms with Crippen molar-refractivity contribution in [3.8, 4) is 0 Å². The summed E-state index contributed by atoms with van der Waals surface area (Å²) in [6.45, 7) is 5.90. The summed E-state index contributed by atoms with van der Waals surface area (Å²) in [5.74, 6) is 0.640. The van der Waals surface area contributed by atoms with Gasteiger partial charge in [0.05, 0.1) is 16.1 Å². The summed E-state index contributed by atoms with van der Waals surface area (Å²) in [5, 5.41) is 0.957. The quantitative estimate of drug-likeness (QED) is 0.527. The average Bonchev–Trinajstić information content (AvgIpc) is 2.74. The summed E-state index contributed by atoms with van der Waals surface area (Å²) in [4.78, 5) is 4.31. The van der Waals surface area contributed by atoms with E-state index in [0.717, 1.165) is 14.4 Å². The van der Waals surface area contributed by atoms with Crippen LogP contribution >= 0.6 is 38.9 Å². The normalized spacial score (nSPS) is 13.7. The van der Waals surface area contributed by atoms with Gasteiger partial charge in [0.15, 0.2) is 0 Å². The van der Waals surface area contributed by atoms with Crippen LogP contribution in [0, 0.1) is 0 Å². The van der Waals surface area contributed by atoms with Crippen molar-refractivity contribution < 1.29 is 4.74 Å². The molecule has 1 aromatic heterocycles. The van der Waals surface area contributed by atoms with Gasteiger partial charge in [0.2, 0.25) is 0 Å². The van der Waals surface area contributed by atoms with Crippen molar-refractivity contribution in [2.45, 2.75) is 26.9 Å². The third-order valence-corrected chi connectivity index (χ3v) is 3.68. The second-order valence-electron chi connectivity index (χ2n) is 3.72. The highest BCUT2D eigenvalue weighted by Gasteiger charge is 2.03. The topological polar surface area (TPSA) is 22.1 Å². The third kappa shape index (κ3) is 4.96. The predicted molar refractivity (Wildman–Crippen MR) is 82.8 cm³/mol. The summed E-state index contributed by atoms with van der Waals surface area (Å²) < 4.78 is 6.54. The molecule has 0 aliphatic rings. The molecule has 0 aliphatic carbocycles. The highest BCUT2D eigenvalue weighted by atomic mass is 79.9. The maximum absolute atomic E-state index is 5.71. The van der Waals surface area contributed by atoms with Crippen molar-refractivity contribution in [1.82, 2.24) is 4.98 Å². The molecule has 0 unspecified atom stereocenters. The number of rotatable bonds is 5. The fourth-order valence-corrected chi connectivity index (χ4v) is 2.61. The highest BCUT2D eigenvalue weighted by Crippen LogP contribution is 2.26. The van der Waals surface area contributed by atoms with Gasteiger partial charge in [-0.05, 0) is 48.9 Å². The van der Waals surface area contributed by atoms with Crippen LogP contribution in [-0.2, 0) is 4.74 Å². The number of allylic oxidation sites excluding steroid dienone is 4. The first-order valence-corrected chi connectivity index (χ1v) is 7.54. The Hall–Kier alpha value is -0.580. The molecule has 1 heterocycles. The molecular weight excluding hydrogens is 334 g/mol. The Kier molecular flexibility index (Phi) is 6.68. The van der Waals surface area contributed by atoms with Gasteiger partial charge in [-0.25, -0.2) is 4.98 Å². The molecule has 0 N–H and O–H groups in total. The maximum atomic E-state index is 5.71. The van der Waals surface area contributed by atoms with Gasteiger partial charge in [-0.3, -0.25) is 0 Å². The number of hydrogen-bond acceptors (Lipinski definition) is 3. The lowest BCUT2D eigenvalue weighted by Crippen LogP contribution is -2.00. The monoisotopic (exact) mass is 347 g/mol. The molecule has 0 aliphatic heterocycles. The molecular formula is C13H15BrClNOS. The molecule has 0 spiro atoms. The van der Waals surface area contributed by atoms with Gasteiger partial charge in [0, 0.05) is 11.1 Å². The van der Waals surface area contributed by atoms with Crippen LogP contribution in [0.4, 0.5) is 0 Å². The van der Waals surface area contributed by atoms with E-state index in [4.69, 9.17) is 16.3 Å². The maximum Gasteiger partial charge on any atom is 0.130 e. The van der Waals surface area contributed by atoms with Gasteiger partial charge in [-0.15, -0.1) is 11.3 Å². The van der Waals surface area contributed by atoms with Crippen molar-refractivity contribution in [3.05, 3.63) is 44.5 Å². The SMILES string of the molecule is C\C=C(/C=C\C(=C\Cl)OC(C)C)c1ncc(Br)s1. The molecule has 1 rings (SSSR count). The van der Waals surface area contributed by atoms with Crippen LogP contribution in [0.2, 0.25) is 0 Å². The predicted octanol–water partition coefficient (Wildman–Crippen LogP) is 5.37. The molecule has 0 radical (unpaired) electrons. The van der Waals surface area contributed by atoms with Crippen molar-refractivity contribution >= 4 is 44.4 Å². The van der Waals surface area contributed by atoms with Crippen LogP contribution in [0.3, 0.4) is 0 Å². The van der Waals surface area contributed by atoms with Gasteiger partial charge in [0.25, 0.3) is 0 Å². The standard InChI is InChI=1S/C13H15BrClNOS/c1-4-10(13-16-8-12(14)18-13)5-6-11(7-15)17-9(2)3/h4-9H,1-3H3/b6-5-,10-4+,11-7-. The van der Waals surface area contributed by atoms with Gasteiger partial charge < -0.3 is 4.74 Å². The lowest BCUT2D eigenvalue weighted by atomic mass is 10.2. The molecule has 0 atom stereocenters. The van der Waals surface area contributed by atoms with E-state index in [1.165, 1.54) is 5.54 Å². The van der Waals surface area contributed by atoms with Gasteiger partial charge in [-0.1, -0.05) is 17.7 Å². The second kappa shape index (κ2) is 7.77. The zero-order valence-corrected chi connectivity index (χ0v) is 13.6. The summed E-state index contributed by atoms with van der Waals surface area (Å²) in [6.07, 6.45) is 7.69. The molecule has 0 amide bonds. The molecule has 0 saturated carbocycles. The van der Waals surface area contributed by atoms with E-state index in [2.05, 4.69) is 20.9 Å². The molecule has 1 aromatic rings. The molecule has 18 heavy (non-hydrogen) atoms. The van der Waals surface area contributed by atoms with E-state index in [1.807, 2.05) is 39.0 Å². The van der Waals surface area contributed by atoms with Crippen molar-refractivity contribution in [1.29, 1.82) is 0 Å². The van der Waals surface area contributed by atoms with Crippen LogP contribution in [0.1, 0.15) is 25.8 Å². The minimum atomic E-state index is 0.0997. The molecule has 2 nitrogen and oxygen atoms in total. The Morgan fingerprint density at radius 1 is 1.50 bits per heavy atom. The second-order valence-corrected chi connectivity index (χ2v) is 6.35. The van der Waals surface area contributed by atoms with Crippen LogP contribution in [0.15, 0.2) is 39.5 Å². The van der Waals surface area contributed by atoms with E-state index >= 15 is 0 Å². The molecule has 0 saturated heterocycles. The number of hydrogen-bond donors (Lipinski definition) is 0. The van der Waals surface area contributed by atoms with Gasteiger partial charge >= 0.3 is 0 Å². The van der Waals surface area contributed by atoms with E-state index in [1.54, 1.807) is 17.5 Å². The van der Waals surface area contributed by atoms with Crippen LogP contribution < -0.4 is 0 Å². The zero-order chi connectivity index (χ0) is 13.5. The number of aromatic nitrogens is 1. The third-order valence-electron chi connectivity index (χ3n) is 1.94. The van der Waals surface area contributed by atoms with Crippen LogP contribution in [-0.4, -0.2) is 11.1 Å². The lowest BCUT2D eigenvalue weighted by Gasteiger charge is -2.09. The highest BCUT2D eigenvalue weighted by molar-refractivity contribution is 9.11. The largest absolute Gasteiger partial charge is 0.490 e. The summed E-state index contributed by atoms with van der Waals surface area (Å²) >= 11 is 10.7. The molecule has 0 fully saturated rings. The van der Waals surface area contributed by atoms with Crippen LogP contribution in [0.5, 0.6) is 0 Å². The van der Waals surface area contributed by atoms with E-state index in [-0.39, 0.29) is 6.10 Å². The van der Waals surface area contributed by atoms with Crippen molar-refractivity contribution in [3.63, 3.8) is 0 Å². The molecule has 5 heteroatoms. The van der Waals surface area contributed by atoms with Crippen LogP contribution in [0.25, 0.3) is 5.57 Å². The van der Waals surface area contributed by atoms with E-state index in [9.17, 15) is 0 Å². The number of ether oxygens (including phenoxy) is 1. The van der Waals surface area contributed by atoms with E-state index in [0.29, 0.717) is 5.76 Å². The average molecular weight is 349 g/mol. The zero-order valence-electron chi connectivity index (χ0n) is 10.5. The fourth-order valence-electron chi connectivity index (χ4n) is 1.22.